The smallest absolute Gasteiger partial charge is 0.311 e. The SMILES string of the molecule is CCOC(=O)Cc1csc(SC(C)C(=O)NCC2CCCCC2)n1. The third-order valence-electron chi connectivity index (χ3n) is 4.10. The predicted molar refractivity (Wildman–Crippen MR) is 97.4 cm³/mol. The van der Waals surface area contributed by atoms with Gasteiger partial charge in [-0.2, -0.15) is 0 Å². The van der Waals surface area contributed by atoms with Crippen LogP contribution in [0.15, 0.2) is 9.72 Å². The highest BCUT2D eigenvalue weighted by molar-refractivity contribution is 8.02. The summed E-state index contributed by atoms with van der Waals surface area (Å²) in [6.45, 7) is 4.85. The molecule has 24 heavy (non-hydrogen) atoms. The Balaban J connectivity index is 1.74. The summed E-state index contributed by atoms with van der Waals surface area (Å²) in [5, 5.41) is 4.74. The van der Waals surface area contributed by atoms with Crippen LogP contribution in [0.2, 0.25) is 0 Å². The van der Waals surface area contributed by atoms with E-state index in [9.17, 15) is 9.59 Å². The number of nitrogens with zero attached hydrogens (tertiary/aromatic N) is 1. The number of carbonyl (C=O) groups is 2. The monoisotopic (exact) mass is 370 g/mol. The molecule has 1 unspecified atom stereocenters. The molecule has 1 fully saturated rings. The Labute approximate surface area is 152 Å². The van der Waals surface area contributed by atoms with E-state index in [0.717, 1.165) is 10.9 Å². The quantitative estimate of drug-likeness (QED) is 0.561. The molecule has 1 N–H and O–H groups in total. The lowest BCUT2D eigenvalue weighted by molar-refractivity contribution is -0.142. The van der Waals surface area contributed by atoms with Crippen LogP contribution in [0.5, 0.6) is 0 Å². The van der Waals surface area contributed by atoms with Gasteiger partial charge in [-0.05, 0) is 32.6 Å². The molecular formula is C17H26N2O3S2. The number of thiazole rings is 1. The van der Waals surface area contributed by atoms with Crippen LogP contribution in [0, 0.1) is 5.92 Å². The molecule has 0 radical (unpaired) electrons. The molecule has 1 amide bonds. The van der Waals surface area contributed by atoms with Gasteiger partial charge in [-0.3, -0.25) is 9.59 Å². The second-order valence-corrected chi connectivity index (χ2v) is 8.54. The largest absolute Gasteiger partial charge is 0.466 e. The Morgan fingerprint density at radius 2 is 2.17 bits per heavy atom. The number of rotatable bonds is 8. The molecule has 134 valence electrons. The first-order chi connectivity index (χ1) is 11.6. The summed E-state index contributed by atoms with van der Waals surface area (Å²) in [5.74, 6) is 0.432. The normalized spacial score (nSPS) is 16.6. The van der Waals surface area contributed by atoms with E-state index in [2.05, 4.69) is 10.3 Å². The Hall–Kier alpha value is -1.08. The summed E-state index contributed by atoms with van der Waals surface area (Å²) < 4.78 is 5.73. The molecule has 1 heterocycles. The molecule has 2 rings (SSSR count). The molecule has 1 saturated carbocycles. The molecule has 1 atom stereocenters. The number of ether oxygens (including phenoxy) is 1. The highest BCUT2D eigenvalue weighted by Crippen LogP contribution is 2.27. The van der Waals surface area contributed by atoms with Crippen LogP contribution in [-0.4, -0.2) is 35.3 Å². The van der Waals surface area contributed by atoms with Gasteiger partial charge in [0.05, 0.1) is 24.0 Å². The highest BCUT2D eigenvalue weighted by Gasteiger charge is 2.19. The van der Waals surface area contributed by atoms with Crippen molar-refractivity contribution in [2.24, 2.45) is 5.92 Å². The van der Waals surface area contributed by atoms with Crippen molar-refractivity contribution in [2.45, 2.75) is 62.0 Å². The Morgan fingerprint density at radius 3 is 2.88 bits per heavy atom. The van der Waals surface area contributed by atoms with E-state index in [-0.39, 0.29) is 23.5 Å². The maximum atomic E-state index is 12.2. The predicted octanol–water partition coefficient (Wildman–Crippen LogP) is 3.43. The van der Waals surface area contributed by atoms with E-state index in [1.165, 1.54) is 55.2 Å². The van der Waals surface area contributed by atoms with Gasteiger partial charge >= 0.3 is 5.97 Å². The standard InChI is InChI=1S/C17H26N2O3S2/c1-3-22-15(20)9-14-11-23-17(19-14)24-12(2)16(21)18-10-13-7-5-4-6-8-13/h11-13H,3-10H2,1-2H3,(H,18,21). The second-order valence-electron chi connectivity index (χ2n) is 6.10. The zero-order valence-corrected chi connectivity index (χ0v) is 16.0. The van der Waals surface area contributed by atoms with Gasteiger partial charge in [-0.25, -0.2) is 4.98 Å². The molecule has 1 aromatic rings. The number of amides is 1. The summed E-state index contributed by atoms with van der Waals surface area (Å²) in [4.78, 5) is 28.1. The number of carbonyl (C=O) groups excluding carboxylic acids is 2. The number of esters is 1. The maximum absolute atomic E-state index is 12.2. The molecule has 0 bridgehead atoms. The Bertz CT molecular complexity index is 542. The summed E-state index contributed by atoms with van der Waals surface area (Å²) in [7, 11) is 0. The van der Waals surface area contributed by atoms with Crippen LogP contribution in [0.3, 0.4) is 0 Å². The first kappa shape index (κ1) is 19.2. The van der Waals surface area contributed by atoms with Crippen molar-refractivity contribution in [1.29, 1.82) is 0 Å². The van der Waals surface area contributed by atoms with Gasteiger partial charge in [0.1, 0.15) is 0 Å². The van der Waals surface area contributed by atoms with Gasteiger partial charge in [-0.15, -0.1) is 11.3 Å². The minimum absolute atomic E-state index is 0.0627. The fourth-order valence-corrected chi connectivity index (χ4v) is 4.77. The van der Waals surface area contributed by atoms with Gasteiger partial charge in [0.15, 0.2) is 4.34 Å². The van der Waals surface area contributed by atoms with E-state index < -0.39 is 0 Å². The summed E-state index contributed by atoms with van der Waals surface area (Å²) in [6, 6.07) is 0. The van der Waals surface area contributed by atoms with Crippen molar-refractivity contribution in [2.75, 3.05) is 13.2 Å². The Morgan fingerprint density at radius 1 is 1.42 bits per heavy atom. The molecule has 5 nitrogen and oxygen atoms in total. The van der Waals surface area contributed by atoms with Crippen LogP contribution in [0.1, 0.15) is 51.6 Å². The van der Waals surface area contributed by atoms with Crippen molar-refractivity contribution in [1.82, 2.24) is 10.3 Å². The van der Waals surface area contributed by atoms with Crippen molar-refractivity contribution < 1.29 is 14.3 Å². The summed E-state index contributed by atoms with van der Waals surface area (Å²) in [6.07, 6.45) is 6.54. The number of hydrogen-bond donors (Lipinski definition) is 1. The molecule has 0 saturated heterocycles. The lowest BCUT2D eigenvalue weighted by Crippen LogP contribution is -2.35. The van der Waals surface area contributed by atoms with Gasteiger partial charge in [0, 0.05) is 11.9 Å². The first-order valence-electron chi connectivity index (χ1n) is 8.63. The molecule has 1 aliphatic rings. The lowest BCUT2D eigenvalue weighted by Gasteiger charge is -2.22. The van der Waals surface area contributed by atoms with Crippen molar-refractivity contribution in [3.63, 3.8) is 0 Å². The Kier molecular flexibility index (Phi) is 8.05. The third-order valence-corrected chi connectivity index (χ3v) is 6.22. The lowest BCUT2D eigenvalue weighted by atomic mass is 9.89. The molecule has 1 aliphatic carbocycles. The molecule has 0 aliphatic heterocycles. The zero-order valence-electron chi connectivity index (χ0n) is 14.4. The molecule has 1 aromatic heterocycles. The summed E-state index contributed by atoms with van der Waals surface area (Å²) in [5.41, 5.74) is 0.704. The van der Waals surface area contributed by atoms with Crippen LogP contribution in [0.25, 0.3) is 0 Å². The van der Waals surface area contributed by atoms with Gasteiger partial charge in [-0.1, -0.05) is 31.0 Å². The van der Waals surface area contributed by atoms with Crippen LogP contribution in [0.4, 0.5) is 0 Å². The van der Waals surface area contributed by atoms with E-state index >= 15 is 0 Å². The van der Waals surface area contributed by atoms with E-state index in [1.807, 2.05) is 12.3 Å². The minimum Gasteiger partial charge on any atom is -0.466 e. The topological polar surface area (TPSA) is 68.3 Å². The molecular weight excluding hydrogens is 344 g/mol. The van der Waals surface area contributed by atoms with E-state index in [1.54, 1.807) is 6.92 Å². The number of thioether (sulfide) groups is 1. The molecule has 0 aromatic carbocycles. The third kappa shape index (κ3) is 6.43. The number of nitrogens with one attached hydrogen (secondary N) is 1. The van der Waals surface area contributed by atoms with Crippen molar-refractivity contribution >= 4 is 35.0 Å². The molecule has 7 heteroatoms. The fraction of sp³-hybridized carbons (Fsp3) is 0.706. The van der Waals surface area contributed by atoms with Crippen LogP contribution in [-0.2, 0) is 20.7 Å². The van der Waals surface area contributed by atoms with Crippen LogP contribution < -0.4 is 5.32 Å². The van der Waals surface area contributed by atoms with Crippen molar-refractivity contribution in [3.05, 3.63) is 11.1 Å². The number of hydrogen-bond acceptors (Lipinski definition) is 6. The average Bonchev–Trinajstić information content (AvgIpc) is 3.00. The minimum atomic E-state index is -0.266. The van der Waals surface area contributed by atoms with E-state index in [0.29, 0.717) is 18.2 Å². The first-order valence-corrected chi connectivity index (χ1v) is 10.4. The van der Waals surface area contributed by atoms with Crippen molar-refractivity contribution in [3.8, 4) is 0 Å². The average molecular weight is 371 g/mol. The summed E-state index contributed by atoms with van der Waals surface area (Å²) >= 11 is 2.91. The van der Waals surface area contributed by atoms with Crippen LogP contribution >= 0.6 is 23.1 Å². The second kappa shape index (κ2) is 10.0. The van der Waals surface area contributed by atoms with E-state index in [4.69, 9.17) is 4.74 Å². The fourth-order valence-electron chi connectivity index (χ4n) is 2.77. The van der Waals surface area contributed by atoms with Gasteiger partial charge in [0.25, 0.3) is 0 Å². The van der Waals surface area contributed by atoms with Gasteiger partial charge < -0.3 is 10.1 Å². The zero-order chi connectivity index (χ0) is 17.4. The highest BCUT2D eigenvalue weighted by atomic mass is 32.2. The number of aromatic nitrogens is 1. The van der Waals surface area contributed by atoms with Gasteiger partial charge in [0.2, 0.25) is 5.91 Å². The maximum Gasteiger partial charge on any atom is 0.311 e. The molecule has 0 spiro atoms.